The number of carboxylic acid groups (broad SMARTS) is 1. The van der Waals surface area contributed by atoms with E-state index in [2.05, 4.69) is 15.2 Å². The molecule has 2 N–H and O–H groups in total. The van der Waals surface area contributed by atoms with E-state index in [1.165, 1.54) is 47.5 Å². The fourth-order valence-corrected chi connectivity index (χ4v) is 6.45. The summed E-state index contributed by atoms with van der Waals surface area (Å²) >= 11 is 6.01. The van der Waals surface area contributed by atoms with Crippen LogP contribution in [0.3, 0.4) is 0 Å². The number of ether oxygens (including phenoxy) is 1. The number of aromatic carboxylic acids is 1. The van der Waals surface area contributed by atoms with Gasteiger partial charge in [0.25, 0.3) is 11.8 Å². The van der Waals surface area contributed by atoms with Gasteiger partial charge in [0.15, 0.2) is 0 Å². The predicted octanol–water partition coefficient (Wildman–Crippen LogP) is 6.23. The summed E-state index contributed by atoms with van der Waals surface area (Å²) in [5.74, 6) is -2.62. The van der Waals surface area contributed by atoms with Crippen LogP contribution in [0, 0.1) is 5.82 Å². The molecule has 1 atom stereocenters. The predicted molar refractivity (Wildman–Crippen MR) is 173 cm³/mol. The van der Waals surface area contributed by atoms with Crippen molar-refractivity contribution in [2.45, 2.75) is 31.4 Å². The van der Waals surface area contributed by atoms with E-state index in [4.69, 9.17) is 16.3 Å². The number of carboxylic acids is 1. The number of benzene rings is 3. The van der Waals surface area contributed by atoms with Crippen molar-refractivity contribution >= 4 is 40.8 Å². The smallest absolute Gasteiger partial charge is 0.335 e. The van der Waals surface area contributed by atoms with Crippen molar-refractivity contribution in [3.05, 3.63) is 112 Å². The molecule has 3 heterocycles. The van der Waals surface area contributed by atoms with Gasteiger partial charge in [0.2, 0.25) is 0 Å². The summed E-state index contributed by atoms with van der Waals surface area (Å²) in [5.41, 5.74) is 3.91. The summed E-state index contributed by atoms with van der Waals surface area (Å²) in [6.45, 7) is 1.85. The number of hydrogen-bond donors (Lipinski definition) is 2. The number of carbonyl (C=O) groups excluding carboxylic acids is 2. The Morgan fingerprint density at radius 3 is 2.46 bits per heavy atom. The molecule has 1 fully saturated rings. The molecule has 1 saturated heterocycles. The Balaban J connectivity index is 1.36. The number of aromatic nitrogens is 1. The van der Waals surface area contributed by atoms with Crippen LogP contribution in [0.15, 0.2) is 79.0 Å². The molecule has 0 saturated carbocycles. The van der Waals surface area contributed by atoms with Gasteiger partial charge in [0.05, 0.1) is 16.7 Å². The van der Waals surface area contributed by atoms with Crippen molar-refractivity contribution in [3.8, 4) is 11.1 Å². The molecule has 2 amide bonds. The van der Waals surface area contributed by atoms with Crippen molar-refractivity contribution in [1.82, 2.24) is 9.88 Å². The maximum atomic E-state index is 14.9. The molecular weight excluding hydrogens is 611 g/mol. The zero-order valence-corrected chi connectivity index (χ0v) is 25.8. The minimum Gasteiger partial charge on any atom is -0.478 e. The Kier molecular flexibility index (Phi) is 9.01. The van der Waals surface area contributed by atoms with Crippen LogP contribution in [0.4, 0.5) is 15.8 Å². The van der Waals surface area contributed by atoms with Crippen LogP contribution in [-0.4, -0.2) is 65.6 Å². The third-order valence-corrected chi connectivity index (χ3v) is 8.95. The first-order chi connectivity index (χ1) is 22.2. The molecule has 2 aliphatic rings. The first-order valence-electron chi connectivity index (χ1n) is 15.0. The molecule has 3 aromatic carbocycles. The van der Waals surface area contributed by atoms with Crippen LogP contribution in [0.2, 0.25) is 5.02 Å². The summed E-state index contributed by atoms with van der Waals surface area (Å²) in [6, 6.07) is 18.4. The maximum Gasteiger partial charge on any atom is 0.335 e. The van der Waals surface area contributed by atoms with E-state index in [0.29, 0.717) is 23.2 Å². The second-order valence-corrected chi connectivity index (χ2v) is 11.7. The molecule has 0 radical (unpaired) electrons. The Morgan fingerprint density at radius 1 is 1.00 bits per heavy atom. The zero-order chi connectivity index (χ0) is 32.4. The molecule has 6 rings (SSSR count). The quantitative estimate of drug-likeness (QED) is 0.246. The first kappa shape index (κ1) is 31.2. The van der Waals surface area contributed by atoms with Crippen LogP contribution in [0.25, 0.3) is 11.1 Å². The summed E-state index contributed by atoms with van der Waals surface area (Å²) in [5, 5.41) is 12.1. The van der Waals surface area contributed by atoms with Gasteiger partial charge in [-0.05, 0) is 84.5 Å². The zero-order valence-electron chi connectivity index (χ0n) is 25.1. The minimum absolute atomic E-state index is 0.0369. The number of amides is 2. The first-order valence-corrected chi connectivity index (χ1v) is 15.4. The van der Waals surface area contributed by atoms with Gasteiger partial charge in [-0.3, -0.25) is 14.6 Å². The summed E-state index contributed by atoms with van der Waals surface area (Å²) in [6.07, 6.45) is 3.92. The average molecular weight is 643 g/mol. The molecule has 1 unspecified atom stereocenters. The third kappa shape index (κ3) is 6.18. The summed E-state index contributed by atoms with van der Waals surface area (Å²) in [4.78, 5) is 47.7. The lowest BCUT2D eigenvalue weighted by Gasteiger charge is -2.40. The molecule has 236 valence electrons. The van der Waals surface area contributed by atoms with E-state index in [-0.39, 0.29) is 34.5 Å². The second-order valence-electron chi connectivity index (χ2n) is 11.3. The number of anilines is 2. The fraction of sp³-hybridized carbons (Fsp3) is 0.257. The third-order valence-electron chi connectivity index (χ3n) is 8.66. The van der Waals surface area contributed by atoms with E-state index in [0.717, 1.165) is 37.2 Å². The standard InChI is InChI=1S/C35H32ClFN4O5/c1-46-24-13-17-40(18-14-24)30-7-3-5-27-26(30)15-19-41(32(27)33(42)39-23-10-8-21(9-11-23)35(44)45)34(43)29-20-22(12-16-38-29)25-4-2-6-28(36)31(25)37/h2-12,16,20,24,32H,13-15,17-19H2,1H3,(H,39,42)(H,44,45). The molecule has 4 aromatic rings. The van der Waals surface area contributed by atoms with E-state index < -0.39 is 29.6 Å². The summed E-state index contributed by atoms with van der Waals surface area (Å²) < 4.78 is 20.4. The molecular formula is C35H32ClFN4O5. The Labute approximate surface area is 270 Å². The second kappa shape index (κ2) is 13.3. The lowest BCUT2D eigenvalue weighted by Crippen LogP contribution is -2.46. The number of pyridine rings is 1. The van der Waals surface area contributed by atoms with Gasteiger partial charge in [-0.15, -0.1) is 0 Å². The highest BCUT2D eigenvalue weighted by Crippen LogP contribution is 2.38. The highest BCUT2D eigenvalue weighted by Gasteiger charge is 2.38. The average Bonchev–Trinajstić information content (AvgIpc) is 3.08. The highest BCUT2D eigenvalue weighted by molar-refractivity contribution is 6.31. The van der Waals surface area contributed by atoms with Crippen molar-refractivity contribution in [1.29, 1.82) is 0 Å². The largest absolute Gasteiger partial charge is 0.478 e. The number of rotatable bonds is 7. The van der Waals surface area contributed by atoms with Gasteiger partial charge >= 0.3 is 5.97 Å². The number of methoxy groups -OCH3 is 1. The fourth-order valence-electron chi connectivity index (χ4n) is 6.28. The van der Waals surface area contributed by atoms with Crippen LogP contribution >= 0.6 is 11.6 Å². The molecule has 0 bridgehead atoms. The Bertz CT molecular complexity index is 1790. The van der Waals surface area contributed by atoms with E-state index in [1.807, 2.05) is 18.2 Å². The molecule has 0 aliphatic carbocycles. The van der Waals surface area contributed by atoms with Crippen LogP contribution in [0.1, 0.15) is 50.9 Å². The van der Waals surface area contributed by atoms with Crippen LogP contribution in [0.5, 0.6) is 0 Å². The molecule has 11 heteroatoms. The number of nitrogens with one attached hydrogen (secondary N) is 1. The molecule has 0 spiro atoms. The number of carbonyl (C=O) groups is 3. The van der Waals surface area contributed by atoms with Crippen molar-refractivity contribution in [2.75, 3.05) is 37.0 Å². The molecule has 1 aromatic heterocycles. The normalized spacial score (nSPS) is 16.5. The topological polar surface area (TPSA) is 112 Å². The van der Waals surface area contributed by atoms with Gasteiger partial charge in [-0.1, -0.05) is 35.9 Å². The SMILES string of the molecule is COC1CCN(c2cccc3c2CCN(C(=O)c2cc(-c4cccc(Cl)c4F)ccn2)C3C(=O)Nc2ccc(C(=O)O)cc2)CC1. The minimum atomic E-state index is -1.08. The lowest BCUT2D eigenvalue weighted by atomic mass is 9.89. The number of nitrogens with zero attached hydrogens (tertiary/aromatic N) is 3. The molecule has 46 heavy (non-hydrogen) atoms. The van der Waals surface area contributed by atoms with Crippen LogP contribution in [-0.2, 0) is 16.0 Å². The molecule has 2 aliphatic heterocycles. The van der Waals surface area contributed by atoms with Gasteiger partial charge in [0.1, 0.15) is 17.6 Å². The van der Waals surface area contributed by atoms with Gasteiger partial charge in [-0.25, -0.2) is 9.18 Å². The molecule has 9 nitrogen and oxygen atoms in total. The lowest BCUT2D eigenvalue weighted by molar-refractivity contribution is -0.121. The monoisotopic (exact) mass is 642 g/mol. The van der Waals surface area contributed by atoms with E-state index in [1.54, 1.807) is 25.3 Å². The summed E-state index contributed by atoms with van der Waals surface area (Å²) in [7, 11) is 1.73. The van der Waals surface area contributed by atoms with Crippen molar-refractivity contribution in [2.24, 2.45) is 0 Å². The van der Waals surface area contributed by atoms with Crippen molar-refractivity contribution < 1.29 is 28.6 Å². The maximum absolute atomic E-state index is 14.9. The van der Waals surface area contributed by atoms with Crippen LogP contribution < -0.4 is 10.2 Å². The van der Waals surface area contributed by atoms with Crippen molar-refractivity contribution in [3.63, 3.8) is 0 Å². The Hall–Kier alpha value is -4.80. The number of halogens is 2. The van der Waals surface area contributed by atoms with E-state index in [9.17, 15) is 23.9 Å². The number of hydrogen-bond acceptors (Lipinski definition) is 6. The number of fused-ring (bicyclic) bond motifs is 1. The van der Waals surface area contributed by atoms with Gasteiger partial charge in [-0.2, -0.15) is 0 Å². The van der Waals surface area contributed by atoms with Gasteiger partial charge < -0.3 is 25.0 Å². The van der Waals surface area contributed by atoms with Gasteiger partial charge in [0, 0.05) is 49.9 Å². The van der Waals surface area contributed by atoms with E-state index >= 15 is 0 Å². The highest BCUT2D eigenvalue weighted by atomic mass is 35.5. The Morgan fingerprint density at radius 2 is 1.74 bits per heavy atom. The number of piperidine rings is 1.